The van der Waals surface area contributed by atoms with Gasteiger partial charge >= 0.3 is 12.1 Å². The summed E-state index contributed by atoms with van der Waals surface area (Å²) < 4.78 is 33.0. The van der Waals surface area contributed by atoms with Crippen LogP contribution in [-0.4, -0.2) is 147 Å². The Morgan fingerprint density at radius 3 is 2.47 bits per heavy atom. The monoisotopic (exact) mass is 799 g/mol. The van der Waals surface area contributed by atoms with Gasteiger partial charge in [-0.25, -0.2) is 4.79 Å². The number of esters is 1. The number of carbonyl (C=O) groups excluding carboxylic acids is 3. The Hall–Kier alpha value is -3.54. The largest absolute Gasteiger partial charge is 0.458 e. The number of nitrogens with zero attached hydrogens (tertiary/aromatic N) is 6. The van der Waals surface area contributed by atoms with E-state index in [2.05, 4.69) is 27.5 Å². The van der Waals surface area contributed by atoms with Crippen molar-refractivity contribution < 1.29 is 43.2 Å². The molecule has 0 aromatic carbocycles. The minimum absolute atomic E-state index is 0.00281. The molecule has 2 N–H and O–H groups in total. The molecule has 0 radical (unpaired) electrons. The number of ketones is 1. The van der Waals surface area contributed by atoms with Crippen LogP contribution in [0, 0.1) is 11.8 Å². The van der Waals surface area contributed by atoms with Crippen LogP contribution in [0.5, 0.6) is 0 Å². The molecule has 3 aliphatic heterocycles. The maximum Gasteiger partial charge on any atom is 0.410 e. The van der Waals surface area contributed by atoms with E-state index in [0.29, 0.717) is 51.0 Å². The van der Waals surface area contributed by atoms with E-state index in [9.17, 15) is 19.5 Å². The average Bonchev–Trinajstić information content (AvgIpc) is 3.76. The second kappa shape index (κ2) is 19.0. The first kappa shape index (κ1) is 44.6. The van der Waals surface area contributed by atoms with Crippen molar-refractivity contribution in [2.75, 3.05) is 34.3 Å². The standard InChI is InChI=1S/C41H65N7O9/c1-11-33-41(7)36(48(39(52)57-41)19-15-14-18-47-24-30(44-45-47)29-16-12-13-17-42-29)28(5)43-23-25(2)22-40(6,53-10)34(21-32(49)27(4)37(51)55-33)56-38-35(50)31(46(8)9)20-26(3)54-38/h12-13,16-17,24-28,31,33-36,38,43,50H,11,14-15,18-23H2,1-10H3/t25-,26-,27-,28-,31?,33-,34-,35?,36-,38+,40+,41-/m1/s1. The molecule has 16 heteroatoms. The Bertz CT molecular complexity index is 1650. The fourth-order valence-corrected chi connectivity index (χ4v) is 8.75. The van der Waals surface area contributed by atoms with Crippen molar-refractivity contribution in [3.05, 3.63) is 30.6 Å². The summed E-state index contributed by atoms with van der Waals surface area (Å²) in [5.41, 5.74) is -0.795. The molecule has 2 aromatic rings. The Balaban J connectivity index is 1.36. The van der Waals surface area contributed by atoms with Gasteiger partial charge in [0.15, 0.2) is 11.9 Å². The first-order chi connectivity index (χ1) is 27.0. The molecule has 0 saturated carbocycles. The third-order valence-electron chi connectivity index (χ3n) is 12.2. The normalized spacial score (nSPS) is 36.0. The van der Waals surface area contributed by atoms with Gasteiger partial charge in [0.1, 0.15) is 29.6 Å². The number of aliphatic hydroxyl groups excluding tert-OH is 1. The highest BCUT2D eigenvalue weighted by molar-refractivity contribution is 5.99. The minimum Gasteiger partial charge on any atom is -0.458 e. The summed E-state index contributed by atoms with van der Waals surface area (Å²) in [6.45, 7) is 14.7. The van der Waals surface area contributed by atoms with Crippen LogP contribution in [0.2, 0.25) is 0 Å². The number of nitrogens with one attached hydrogen (secondary N) is 1. The quantitative estimate of drug-likeness (QED) is 0.190. The molecule has 318 valence electrons. The van der Waals surface area contributed by atoms with Gasteiger partial charge in [-0.05, 0) is 105 Å². The molecule has 1 amide bonds. The fraction of sp³-hybridized carbons (Fsp3) is 0.756. The van der Waals surface area contributed by atoms with Gasteiger partial charge in [0.25, 0.3) is 0 Å². The van der Waals surface area contributed by atoms with Crippen molar-refractivity contribution in [3.8, 4) is 11.4 Å². The zero-order valence-corrected chi connectivity index (χ0v) is 35.4. The highest BCUT2D eigenvalue weighted by atomic mass is 16.7. The van der Waals surface area contributed by atoms with E-state index >= 15 is 0 Å². The van der Waals surface area contributed by atoms with E-state index in [1.807, 2.05) is 78.0 Å². The Morgan fingerprint density at radius 2 is 1.81 bits per heavy atom. The Kier molecular flexibility index (Phi) is 14.9. The molecular weight excluding hydrogens is 734 g/mol. The fourth-order valence-electron chi connectivity index (χ4n) is 8.75. The summed E-state index contributed by atoms with van der Waals surface area (Å²) in [7, 11) is 5.38. The maximum atomic E-state index is 14.0. The van der Waals surface area contributed by atoms with Crippen molar-refractivity contribution in [3.63, 3.8) is 0 Å². The van der Waals surface area contributed by atoms with Crippen molar-refractivity contribution in [2.24, 2.45) is 11.8 Å². The Morgan fingerprint density at radius 1 is 1.07 bits per heavy atom. The number of carbonyl (C=O) groups is 3. The van der Waals surface area contributed by atoms with Crippen molar-refractivity contribution in [1.29, 1.82) is 0 Å². The highest BCUT2D eigenvalue weighted by Gasteiger charge is 2.58. The van der Waals surface area contributed by atoms with Gasteiger partial charge in [0, 0.05) is 44.9 Å². The predicted octanol–water partition coefficient (Wildman–Crippen LogP) is 3.85. The van der Waals surface area contributed by atoms with E-state index in [4.69, 9.17) is 23.7 Å². The van der Waals surface area contributed by atoms with E-state index in [-0.39, 0.29) is 30.5 Å². The van der Waals surface area contributed by atoms with Crippen LogP contribution in [0.15, 0.2) is 30.6 Å². The number of cyclic esters (lactones) is 1. The number of fused-ring (bicyclic) bond motifs is 1. The number of hydrogen-bond donors (Lipinski definition) is 2. The van der Waals surface area contributed by atoms with Gasteiger partial charge in [-0.1, -0.05) is 25.1 Å². The van der Waals surface area contributed by atoms with Crippen LogP contribution in [0.4, 0.5) is 4.79 Å². The summed E-state index contributed by atoms with van der Waals surface area (Å²) in [6, 6.07) is 4.63. The SMILES string of the molecule is CC[C@H]1OC(=O)[C@H](C)C(=O)C[C@@H](O[C@@H]2O[C@H](C)CC(N(C)C)C2O)[C@@](C)(OC)C[C@@H](C)CN[C@H](C)[C@H]2N(CCCCn3cc(-c4ccccn4)nn3)C(=O)O[C@]12C. The first-order valence-corrected chi connectivity index (χ1v) is 20.5. The van der Waals surface area contributed by atoms with Gasteiger partial charge in [0.05, 0.1) is 35.7 Å². The number of aromatic nitrogens is 4. The van der Waals surface area contributed by atoms with Crippen LogP contribution >= 0.6 is 0 Å². The van der Waals surface area contributed by atoms with Crippen LogP contribution in [0.25, 0.3) is 11.4 Å². The molecule has 5 heterocycles. The lowest BCUT2D eigenvalue weighted by molar-refractivity contribution is -0.289. The number of ether oxygens (including phenoxy) is 5. The van der Waals surface area contributed by atoms with Gasteiger partial charge in [-0.2, -0.15) is 0 Å². The van der Waals surface area contributed by atoms with Crippen LogP contribution in [-0.2, 0) is 39.8 Å². The number of likely N-dealkylation sites (N-methyl/N-ethyl adjacent to an activating group) is 1. The number of unbranched alkanes of at least 4 members (excludes halogenated alkanes) is 1. The zero-order chi connectivity index (χ0) is 41.7. The second-order valence-corrected chi connectivity index (χ2v) is 16.9. The average molecular weight is 800 g/mol. The molecule has 0 spiro atoms. The smallest absolute Gasteiger partial charge is 0.410 e. The lowest BCUT2D eigenvalue weighted by atomic mass is 9.83. The third kappa shape index (κ3) is 10.2. The number of methoxy groups -OCH3 is 1. The number of rotatable bonds is 11. The number of aryl methyl sites for hydroxylation is 1. The first-order valence-electron chi connectivity index (χ1n) is 20.5. The molecule has 16 nitrogen and oxygen atoms in total. The number of hydrogen-bond acceptors (Lipinski definition) is 14. The summed E-state index contributed by atoms with van der Waals surface area (Å²) in [5.74, 6) is -2.26. The molecule has 12 atom stereocenters. The molecule has 57 heavy (non-hydrogen) atoms. The number of pyridine rings is 1. The van der Waals surface area contributed by atoms with Crippen LogP contribution in [0.1, 0.15) is 87.0 Å². The maximum absolute atomic E-state index is 14.0. The molecule has 2 unspecified atom stereocenters. The van der Waals surface area contributed by atoms with E-state index in [1.165, 1.54) is 6.92 Å². The minimum atomic E-state index is -1.22. The molecule has 3 saturated heterocycles. The highest BCUT2D eigenvalue weighted by Crippen LogP contribution is 2.39. The van der Waals surface area contributed by atoms with E-state index < -0.39 is 65.6 Å². The number of amides is 1. The summed E-state index contributed by atoms with van der Waals surface area (Å²) in [4.78, 5) is 49.7. The van der Waals surface area contributed by atoms with Crippen molar-refractivity contribution >= 4 is 17.8 Å². The van der Waals surface area contributed by atoms with Crippen LogP contribution < -0.4 is 5.32 Å². The molecule has 3 fully saturated rings. The van der Waals surface area contributed by atoms with Gasteiger partial charge < -0.3 is 39.0 Å². The molecule has 5 rings (SSSR count). The van der Waals surface area contributed by atoms with Crippen molar-refractivity contribution in [1.82, 2.24) is 35.1 Å². The topological polar surface area (TPSA) is 180 Å². The van der Waals surface area contributed by atoms with Crippen molar-refractivity contribution in [2.45, 2.75) is 154 Å². The van der Waals surface area contributed by atoms with Crippen LogP contribution in [0.3, 0.4) is 0 Å². The lowest BCUT2D eigenvalue weighted by Gasteiger charge is -2.45. The summed E-state index contributed by atoms with van der Waals surface area (Å²) in [6.07, 6.45) is 1.85. The molecular formula is C41H65N7O9. The second-order valence-electron chi connectivity index (χ2n) is 16.9. The Labute approximate surface area is 337 Å². The number of Topliss-reactive ketones (excluding diaryl/α,β-unsaturated/α-hetero) is 1. The summed E-state index contributed by atoms with van der Waals surface area (Å²) in [5, 5.41) is 23.5. The molecule has 2 aromatic heterocycles. The van der Waals surface area contributed by atoms with Gasteiger partial charge in [-0.15, -0.1) is 5.10 Å². The molecule has 0 aliphatic carbocycles. The zero-order valence-electron chi connectivity index (χ0n) is 35.4. The third-order valence-corrected chi connectivity index (χ3v) is 12.2. The van der Waals surface area contributed by atoms with Gasteiger partial charge in [0.2, 0.25) is 0 Å². The lowest BCUT2D eigenvalue weighted by Crippen LogP contribution is -2.61. The molecule has 0 bridgehead atoms. The number of aliphatic hydroxyl groups is 1. The van der Waals surface area contributed by atoms with Gasteiger partial charge in [-0.3, -0.25) is 24.2 Å². The summed E-state index contributed by atoms with van der Waals surface area (Å²) >= 11 is 0. The molecule has 3 aliphatic rings. The van der Waals surface area contributed by atoms with E-state index in [1.54, 1.807) is 22.9 Å². The van der Waals surface area contributed by atoms with E-state index in [0.717, 1.165) is 12.1 Å². The predicted molar refractivity (Wildman–Crippen MR) is 211 cm³/mol.